The van der Waals surface area contributed by atoms with Crippen LogP contribution in [0.15, 0.2) is 18.2 Å². The number of rotatable bonds is 6. The zero-order valence-electron chi connectivity index (χ0n) is 9.71. The highest BCUT2D eigenvalue weighted by Gasteiger charge is 2.14. The maximum absolute atomic E-state index is 13.3. The van der Waals surface area contributed by atoms with Crippen molar-refractivity contribution in [1.82, 2.24) is 5.32 Å². The van der Waals surface area contributed by atoms with Crippen molar-refractivity contribution in [3.8, 4) is 0 Å². The van der Waals surface area contributed by atoms with Gasteiger partial charge in [-0.1, -0.05) is 18.3 Å². The molecular formula is C12H14F2N2OS. The second kappa shape index (κ2) is 7.00. The number of hydrogen-bond donors (Lipinski definition) is 2. The molecule has 6 heteroatoms. The molecular weight excluding hydrogens is 258 g/mol. The number of benzene rings is 1. The van der Waals surface area contributed by atoms with E-state index in [1.807, 2.05) is 0 Å². The molecule has 3 N–H and O–H groups in total. The average molecular weight is 272 g/mol. The number of carbonyl (C=O) groups is 1. The number of nitrogens with one attached hydrogen (secondary N) is 1. The first kappa shape index (κ1) is 14.5. The van der Waals surface area contributed by atoms with Gasteiger partial charge in [-0.2, -0.15) is 0 Å². The lowest BCUT2D eigenvalue weighted by atomic mass is 10.2. The van der Waals surface area contributed by atoms with Crippen LogP contribution in [-0.4, -0.2) is 17.4 Å². The first-order valence-corrected chi connectivity index (χ1v) is 5.93. The van der Waals surface area contributed by atoms with Crippen LogP contribution in [0.5, 0.6) is 0 Å². The van der Waals surface area contributed by atoms with Crippen LogP contribution in [0.25, 0.3) is 0 Å². The largest absolute Gasteiger partial charge is 0.393 e. The minimum atomic E-state index is -1.13. The van der Waals surface area contributed by atoms with Gasteiger partial charge < -0.3 is 11.1 Å². The molecule has 3 nitrogen and oxygen atoms in total. The van der Waals surface area contributed by atoms with Crippen molar-refractivity contribution in [1.29, 1.82) is 0 Å². The zero-order valence-corrected chi connectivity index (χ0v) is 10.5. The molecule has 0 fully saturated rings. The zero-order chi connectivity index (χ0) is 13.5. The summed E-state index contributed by atoms with van der Waals surface area (Å²) in [7, 11) is 0. The first-order valence-electron chi connectivity index (χ1n) is 5.53. The monoisotopic (exact) mass is 272 g/mol. The summed E-state index contributed by atoms with van der Waals surface area (Å²) in [4.78, 5) is 12.0. The third-order valence-corrected chi connectivity index (χ3v) is 2.54. The Morgan fingerprint density at radius 1 is 1.33 bits per heavy atom. The van der Waals surface area contributed by atoms with E-state index >= 15 is 0 Å². The van der Waals surface area contributed by atoms with Crippen LogP contribution in [0.4, 0.5) is 8.78 Å². The molecule has 0 saturated heterocycles. The van der Waals surface area contributed by atoms with Gasteiger partial charge in [0.25, 0.3) is 5.91 Å². The molecule has 98 valence electrons. The highest BCUT2D eigenvalue weighted by atomic mass is 32.1. The number of halogens is 2. The van der Waals surface area contributed by atoms with Gasteiger partial charge in [-0.3, -0.25) is 4.79 Å². The maximum atomic E-state index is 13.3. The van der Waals surface area contributed by atoms with Gasteiger partial charge in [0.2, 0.25) is 0 Å². The quantitative estimate of drug-likeness (QED) is 0.616. The van der Waals surface area contributed by atoms with Crippen molar-refractivity contribution in [3.05, 3.63) is 35.4 Å². The molecule has 1 rings (SSSR count). The minimum Gasteiger partial charge on any atom is -0.393 e. The van der Waals surface area contributed by atoms with E-state index in [1.54, 1.807) is 0 Å². The predicted molar refractivity (Wildman–Crippen MR) is 69.3 cm³/mol. The molecule has 0 aliphatic heterocycles. The lowest BCUT2D eigenvalue weighted by Gasteiger charge is -2.06. The molecule has 0 radical (unpaired) electrons. The molecule has 18 heavy (non-hydrogen) atoms. The van der Waals surface area contributed by atoms with Gasteiger partial charge in [0.1, 0.15) is 0 Å². The van der Waals surface area contributed by atoms with Crippen molar-refractivity contribution < 1.29 is 13.6 Å². The number of hydrogen-bond acceptors (Lipinski definition) is 2. The highest BCUT2D eigenvalue weighted by molar-refractivity contribution is 7.80. The van der Waals surface area contributed by atoms with Crippen LogP contribution in [-0.2, 0) is 0 Å². The average Bonchev–Trinajstić information content (AvgIpc) is 2.31. The van der Waals surface area contributed by atoms with E-state index in [0.29, 0.717) is 24.4 Å². The van der Waals surface area contributed by atoms with Crippen molar-refractivity contribution in [2.75, 3.05) is 6.54 Å². The second-order valence-corrected chi connectivity index (χ2v) is 4.31. The highest BCUT2D eigenvalue weighted by Crippen LogP contribution is 2.11. The smallest absolute Gasteiger partial charge is 0.254 e. The molecule has 1 aromatic carbocycles. The van der Waals surface area contributed by atoms with Gasteiger partial charge in [-0.15, -0.1) is 0 Å². The minimum absolute atomic E-state index is 0.288. The lowest BCUT2D eigenvalue weighted by Crippen LogP contribution is -2.25. The van der Waals surface area contributed by atoms with Gasteiger partial charge in [0.15, 0.2) is 11.6 Å². The fourth-order valence-electron chi connectivity index (χ4n) is 1.40. The molecule has 0 heterocycles. The van der Waals surface area contributed by atoms with Crippen LogP contribution >= 0.6 is 12.2 Å². The van der Waals surface area contributed by atoms with Gasteiger partial charge in [-0.05, 0) is 31.4 Å². The fraction of sp³-hybridized carbons (Fsp3) is 0.333. The maximum Gasteiger partial charge on any atom is 0.254 e. The summed E-state index contributed by atoms with van der Waals surface area (Å²) in [6.45, 7) is 0.372. The molecule has 1 aromatic rings. The van der Waals surface area contributed by atoms with Crippen molar-refractivity contribution in [2.24, 2.45) is 5.73 Å². The Hall–Kier alpha value is -1.56. The summed E-state index contributed by atoms with van der Waals surface area (Å²) in [6.07, 6.45) is 2.04. The standard InChI is InChI=1S/C12H14F2N2OS/c13-9-5-3-4-8(11(9)14)12(17)16-7-2-1-6-10(15)18/h3-5H,1-2,6-7H2,(H2,15,18)(H,16,17). The van der Waals surface area contributed by atoms with Crippen molar-refractivity contribution in [2.45, 2.75) is 19.3 Å². The summed E-state index contributed by atoms with van der Waals surface area (Å²) in [6, 6.07) is 3.50. The second-order valence-electron chi connectivity index (χ2n) is 3.78. The summed E-state index contributed by atoms with van der Waals surface area (Å²) < 4.78 is 26.2. The van der Waals surface area contributed by atoms with Crippen molar-refractivity contribution in [3.63, 3.8) is 0 Å². The number of nitrogens with two attached hydrogens (primary N) is 1. The van der Waals surface area contributed by atoms with E-state index in [-0.39, 0.29) is 5.56 Å². The van der Waals surface area contributed by atoms with Crippen LogP contribution in [0.3, 0.4) is 0 Å². The third kappa shape index (κ3) is 4.37. The van der Waals surface area contributed by atoms with Gasteiger partial charge in [-0.25, -0.2) is 8.78 Å². The fourth-order valence-corrected chi connectivity index (χ4v) is 1.54. The van der Waals surface area contributed by atoms with Crippen LogP contribution < -0.4 is 11.1 Å². The Bertz CT molecular complexity index is 452. The van der Waals surface area contributed by atoms with E-state index in [0.717, 1.165) is 12.5 Å². The van der Waals surface area contributed by atoms with Gasteiger partial charge in [0, 0.05) is 6.54 Å². The Labute approximate surface area is 109 Å². The summed E-state index contributed by atoms with van der Waals surface area (Å²) in [5.41, 5.74) is 5.03. The topological polar surface area (TPSA) is 55.1 Å². The van der Waals surface area contributed by atoms with E-state index < -0.39 is 17.5 Å². The molecule has 0 aromatic heterocycles. The molecule has 0 aliphatic rings. The van der Waals surface area contributed by atoms with Crippen molar-refractivity contribution >= 4 is 23.1 Å². The van der Waals surface area contributed by atoms with Crippen LogP contribution in [0.1, 0.15) is 29.6 Å². The molecule has 0 aliphatic carbocycles. The van der Waals surface area contributed by atoms with E-state index in [9.17, 15) is 13.6 Å². The van der Waals surface area contributed by atoms with E-state index in [2.05, 4.69) is 5.32 Å². The van der Waals surface area contributed by atoms with Crippen LogP contribution in [0.2, 0.25) is 0 Å². The number of unbranched alkanes of at least 4 members (excludes halogenated alkanes) is 1. The number of thiocarbonyl (C=S) groups is 1. The first-order chi connectivity index (χ1) is 8.52. The normalized spacial score (nSPS) is 10.1. The Morgan fingerprint density at radius 2 is 2.06 bits per heavy atom. The predicted octanol–water partition coefficient (Wildman–Crippen LogP) is 2.15. The number of carbonyl (C=O) groups excluding carboxylic acids is 1. The van der Waals surface area contributed by atoms with Gasteiger partial charge >= 0.3 is 0 Å². The molecule has 0 saturated carbocycles. The third-order valence-electron chi connectivity index (χ3n) is 2.33. The SMILES string of the molecule is NC(=S)CCCCNC(=O)c1cccc(F)c1F. The summed E-state index contributed by atoms with van der Waals surface area (Å²) in [5, 5.41) is 2.51. The van der Waals surface area contributed by atoms with E-state index in [1.165, 1.54) is 12.1 Å². The molecule has 1 amide bonds. The summed E-state index contributed by atoms with van der Waals surface area (Å²) >= 11 is 4.70. The Kier molecular flexibility index (Phi) is 5.64. The van der Waals surface area contributed by atoms with E-state index in [4.69, 9.17) is 18.0 Å². The molecule has 0 spiro atoms. The Balaban J connectivity index is 2.41. The summed E-state index contributed by atoms with van der Waals surface area (Å²) in [5.74, 6) is -2.78. The van der Waals surface area contributed by atoms with Gasteiger partial charge in [0.05, 0.1) is 10.6 Å². The Morgan fingerprint density at radius 3 is 2.72 bits per heavy atom. The number of amides is 1. The lowest BCUT2D eigenvalue weighted by molar-refractivity contribution is 0.0948. The molecule has 0 unspecified atom stereocenters. The van der Waals surface area contributed by atoms with Crippen LogP contribution in [0, 0.1) is 11.6 Å². The molecule has 0 bridgehead atoms. The molecule has 0 atom stereocenters.